The molecule has 0 bridgehead atoms. The summed E-state index contributed by atoms with van der Waals surface area (Å²) in [6, 6.07) is 0. The van der Waals surface area contributed by atoms with Crippen LogP contribution in [0.2, 0.25) is 0 Å². The van der Waals surface area contributed by atoms with Crippen LogP contribution in [0.15, 0.2) is 10.2 Å². The summed E-state index contributed by atoms with van der Waals surface area (Å²) in [6.45, 7) is 2.40. The fourth-order valence-corrected chi connectivity index (χ4v) is 2.39. The molecule has 0 aliphatic rings. The molecule has 0 radical (unpaired) electrons. The van der Waals surface area contributed by atoms with E-state index in [2.05, 4.69) is 43.0 Å². The van der Waals surface area contributed by atoms with Crippen LogP contribution in [0.4, 0.5) is 21.9 Å². The maximum Gasteiger partial charge on any atom is 0.253 e. The highest BCUT2D eigenvalue weighted by Crippen LogP contribution is 2.31. The minimum absolute atomic E-state index is 0.0180. The van der Waals surface area contributed by atoms with Gasteiger partial charge in [-0.2, -0.15) is 17.6 Å². The molecule has 0 saturated carbocycles. The van der Waals surface area contributed by atoms with Gasteiger partial charge in [0.2, 0.25) is 17.0 Å². The molecule has 0 unspecified atom stereocenters. The van der Waals surface area contributed by atoms with Gasteiger partial charge in [0.1, 0.15) is 0 Å². The van der Waals surface area contributed by atoms with Crippen LogP contribution in [0.25, 0.3) is 0 Å². The number of aryl methyl sites for hydroxylation is 1. The Morgan fingerprint density at radius 2 is 2.10 bits per heavy atom. The van der Waals surface area contributed by atoms with Gasteiger partial charge < -0.3 is 15.7 Å². The summed E-state index contributed by atoms with van der Waals surface area (Å²) < 4.78 is 0. The number of thiol groups is 1. The zero-order valence-electron chi connectivity index (χ0n) is 11.4. The molecule has 0 spiro atoms. The lowest BCUT2D eigenvalue weighted by atomic mass is 10.4. The molecule has 112 valence electrons. The number of hydrogen-bond donors (Lipinski definition) is 3. The van der Waals surface area contributed by atoms with Crippen LogP contribution in [-0.2, 0) is 0 Å². The van der Waals surface area contributed by atoms with E-state index in [-0.39, 0.29) is 17.5 Å². The van der Waals surface area contributed by atoms with Crippen molar-refractivity contribution in [2.75, 3.05) is 30.0 Å². The summed E-state index contributed by atoms with van der Waals surface area (Å²) in [4.78, 5) is 9.45. The van der Waals surface area contributed by atoms with Crippen molar-refractivity contribution < 1.29 is 5.11 Å². The van der Waals surface area contributed by atoms with Gasteiger partial charge in [0.05, 0.1) is 5.69 Å². The normalized spacial score (nSPS) is 11.2. The molecule has 0 atom stereocenters. The van der Waals surface area contributed by atoms with E-state index in [9.17, 15) is 5.11 Å². The fraction of sp³-hybridized carbons (Fsp3) is 0.400. The van der Waals surface area contributed by atoms with Gasteiger partial charge in [0, 0.05) is 19.3 Å². The fourth-order valence-electron chi connectivity index (χ4n) is 1.43. The van der Waals surface area contributed by atoms with Crippen molar-refractivity contribution in [3.8, 4) is 5.88 Å². The van der Waals surface area contributed by atoms with Crippen LogP contribution in [0, 0.1) is 6.92 Å². The van der Waals surface area contributed by atoms with Gasteiger partial charge in [-0.15, -0.1) is 20.4 Å². The van der Waals surface area contributed by atoms with E-state index in [1.165, 1.54) is 11.3 Å². The molecule has 11 heteroatoms. The van der Waals surface area contributed by atoms with E-state index in [0.29, 0.717) is 21.7 Å². The third-order valence-electron chi connectivity index (χ3n) is 2.46. The Bertz CT molecular complexity index is 635. The zero-order valence-corrected chi connectivity index (χ0v) is 13.1. The molecule has 0 saturated heterocycles. The van der Waals surface area contributed by atoms with Crippen molar-refractivity contribution in [2.45, 2.75) is 6.92 Å². The Morgan fingerprint density at radius 1 is 1.33 bits per heavy atom. The topological polar surface area (TPSA) is 126 Å². The van der Waals surface area contributed by atoms with Gasteiger partial charge in [-0.25, -0.2) is 4.98 Å². The van der Waals surface area contributed by atoms with E-state index < -0.39 is 0 Å². The monoisotopic (exact) mass is 326 g/mol. The minimum Gasteiger partial charge on any atom is -0.492 e. The van der Waals surface area contributed by atoms with Crippen LogP contribution in [0.5, 0.6) is 5.88 Å². The van der Waals surface area contributed by atoms with Crippen LogP contribution in [0.3, 0.4) is 0 Å². The van der Waals surface area contributed by atoms with Crippen molar-refractivity contribution in [2.24, 2.45) is 10.2 Å². The SMILES string of the molecule is Cc1nc(N)nc(O)c1/N=N/c1nnc(N(C)CCS)s1. The lowest BCUT2D eigenvalue weighted by Crippen LogP contribution is -2.19. The largest absolute Gasteiger partial charge is 0.492 e. The van der Waals surface area contributed by atoms with Crippen molar-refractivity contribution in [3.05, 3.63) is 5.69 Å². The van der Waals surface area contributed by atoms with E-state index in [1.54, 1.807) is 6.92 Å². The van der Waals surface area contributed by atoms with Gasteiger partial charge in [-0.05, 0) is 6.92 Å². The molecule has 2 aromatic heterocycles. The van der Waals surface area contributed by atoms with E-state index in [0.717, 1.165) is 6.54 Å². The molecule has 9 nitrogen and oxygen atoms in total. The van der Waals surface area contributed by atoms with Crippen molar-refractivity contribution in [1.29, 1.82) is 0 Å². The number of hydrogen-bond acceptors (Lipinski definition) is 11. The molecule has 0 aliphatic carbocycles. The minimum atomic E-state index is -0.319. The molecule has 0 fully saturated rings. The van der Waals surface area contributed by atoms with Crippen LogP contribution >= 0.6 is 24.0 Å². The molecule has 0 aliphatic heterocycles. The lowest BCUT2D eigenvalue weighted by Gasteiger charge is -2.11. The molecule has 3 N–H and O–H groups in total. The number of anilines is 2. The Morgan fingerprint density at radius 3 is 2.76 bits per heavy atom. The Balaban J connectivity index is 2.19. The van der Waals surface area contributed by atoms with Gasteiger partial charge in [-0.3, -0.25) is 0 Å². The van der Waals surface area contributed by atoms with Gasteiger partial charge in [-0.1, -0.05) is 11.3 Å². The number of azo groups is 1. The Labute approximate surface area is 130 Å². The van der Waals surface area contributed by atoms with E-state index in [1.807, 2.05) is 11.9 Å². The number of nitrogens with zero attached hydrogens (tertiary/aromatic N) is 7. The molecule has 2 rings (SSSR count). The molecule has 2 heterocycles. The quantitative estimate of drug-likeness (QED) is 0.564. The first-order valence-electron chi connectivity index (χ1n) is 5.91. The van der Waals surface area contributed by atoms with Crippen LogP contribution in [0.1, 0.15) is 5.69 Å². The second-order valence-corrected chi connectivity index (χ2v) is 5.43. The lowest BCUT2D eigenvalue weighted by molar-refractivity contribution is 0.453. The molecular weight excluding hydrogens is 312 g/mol. The Hall–Kier alpha value is -2.01. The maximum atomic E-state index is 9.68. The summed E-state index contributed by atoms with van der Waals surface area (Å²) in [7, 11) is 1.89. The smallest absolute Gasteiger partial charge is 0.253 e. The first-order valence-corrected chi connectivity index (χ1v) is 7.36. The van der Waals surface area contributed by atoms with Gasteiger partial charge >= 0.3 is 0 Å². The average Bonchev–Trinajstić information content (AvgIpc) is 2.86. The second-order valence-electron chi connectivity index (χ2n) is 4.05. The molecule has 21 heavy (non-hydrogen) atoms. The first kappa shape index (κ1) is 15.4. The highest BCUT2D eigenvalue weighted by molar-refractivity contribution is 7.80. The number of aromatic nitrogens is 4. The molecule has 0 aromatic carbocycles. The van der Waals surface area contributed by atoms with Crippen molar-refractivity contribution >= 4 is 45.9 Å². The maximum absolute atomic E-state index is 9.68. The summed E-state index contributed by atoms with van der Waals surface area (Å²) in [5.74, 6) is 0.374. The van der Waals surface area contributed by atoms with Crippen molar-refractivity contribution in [1.82, 2.24) is 20.2 Å². The molecule has 0 amide bonds. The molecular formula is C10H14N8OS2. The zero-order chi connectivity index (χ0) is 15.4. The summed E-state index contributed by atoms with van der Waals surface area (Å²) >= 11 is 5.43. The van der Waals surface area contributed by atoms with Crippen LogP contribution in [-0.4, -0.2) is 44.6 Å². The summed E-state index contributed by atoms with van der Waals surface area (Å²) in [6.07, 6.45) is 0. The first-order chi connectivity index (χ1) is 10.0. The van der Waals surface area contributed by atoms with Gasteiger partial charge in [0.15, 0.2) is 5.69 Å². The number of nitrogens with two attached hydrogens (primary N) is 1. The number of nitrogen functional groups attached to an aromatic ring is 1. The van der Waals surface area contributed by atoms with Gasteiger partial charge in [0.25, 0.3) is 5.13 Å². The van der Waals surface area contributed by atoms with Crippen molar-refractivity contribution in [3.63, 3.8) is 0 Å². The predicted octanol–water partition coefficient (Wildman–Crippen LogP) is 1.71. The average molecular weight is 326 g/mol. The third-order valence-corrected chi connectivity index (χ3v) is 3.58. The second kappa shape index (κ2) is 6.63. The Kier molecular flexibility index (Phi) is 4.85. The number of aromatic hydroxyl groups is 1. The highest BCUT2D eigenvalue weighted by Gasteiger charge is 2.11. The molecule has 2 aromatic rings. The van der Waals surface area contributed by atoms with E-state index in [4.69, 9.17) is 5.73 Å². The predicted molar refractivity (Wildman–Crippen MR) is 84.1 cm³/mol. The summed E-state index contributed by atoms with van der Waals surface area (Å²) in [5, 5.41) is 26.5. The van der Waals surface area contributed by atoms with E-state index >= 15 is 0 Å². The number of rotatable bonds is 5. The highest BCUT2D eigenvalue weighted by atomic mass is 32.1. The van der Waals surface area contributed by atoms with Crippen LogP contribution < -0.4 is 10.6 Å². The third kappa shape index (κ3) is 3.76. The standard InChI is InChI=1S/C10H14N8OS2/c1-5-6(7(19)13-8(11)12-5)14-15-9-16-17-10(21-9)18(2)3-4-20/h20H,3-4H2,1-2H3,(H3,11,12,13,19)/b15-14+. The summed E-state index contributed by atoms with van der Waals surface area (Å²) in [5.41, 5.74) is 6.00.